The minimum absolute atomic E-state index is 0.145. The van der Waals surface area contributed by atoms with Gasteiger partial charge in [0.05, 0.1) is 0 Å². The molecular formula is C18H16ClNO2. The third-order valence-electron chi connectivity index (χ3n) is 3.75. The second-order valence-electron chi connectivity index (χ2n) is 5.30. The number of furan rings is 1. The molecule has 0 aliphatic rings. The van der Waals surface area contributed by atoms with Gasteiger partial charge in [0.2, 0.25) is 0 Å². The van der Waals surface area contributed by atoms with Crippen LogP contribution in [0, 0.1) is 6.92 Å². The van der Waals surface area contributed by atoms with E-state index >= 15 is 0 Å². The zero-order chi connectivity index (χ0) is 15.7. The summed E-state index contributed by atoms with van der Waals surface area (Å²) in [6.45, 7) is 2.34. The van der Waals surface area contributed by atoms with E-state index in [1.54, 1.807) is 11.9 Å². The molecule has 112 valence electrons. The molecule has 0 fully saturated rings. The van der Waals surface area contributed by atoms with Crippen molar-refractivity contribution in [3.63, 3.8) is 0 Å². The molecule has 0 unspecified atom stereocenters. The van der Waals surface area contributed by atoms with Crippen LogP contribution in [0.5, 0.6) is 0 Å². The standard InChI is InChI=1S/C18H16ClNO2/c1-12-14-8-4-6-10-16(14)22-17(12)18(21)20(2)11-13-7-3-5-9-15(13)19/h3-10H,11H2,1-2H3. The Morgan fingerprint density at radius 1 is 1.14 bits per heavy atom. The maximum absolute atomic E-state index is 12.6. The van der Waals surface area contributed by atoms with Gasteiger partial charge in [-0.2, -0.15) is 0 Å². The van der Waals surface area contributed by atoms with Crippen LogP contribution in [0.4, 0.5) is 0 Å². The highest BCUT2D eigenvalue weighted by molar-refractivity contribution is 6.31. The number of benzene rings is 2. The van der Waals surface area contributed by atoms with Crippen LogP contribution in [0.15, 0.2) is 52.9 Å². The molecule has 4 heteroatoms. The molecule has 3 nitrogen and oxygen atoms in total. The molecule has 0 aliphatic heterocycles. The molecule has 3 rings (SSSR count). The van der Waals surface area contributed by atoms with Crippen molar-refractivity contribution in [2.75, 3.05) is 7.05 Å². The fourth-order valence-corrected chi connectivity index (χ4v) is 2.70. The predicted octanol–water partition coefficient (Wildman–Crippen LogP) is 4.67. The summed E-state index contributed by atoms with van der Waals surface area (Å²) in [5.74, 6) is 0.240. The molecular weight excluding hydrogens is 298 g/mol. The monoisotopic (exact) mass is 313 g/mol. The number of fused-ring (bicyclic) bond motifs is 1. The quantitative estimate of drug-likeness (QED) is 0.704. The van der Waals surface area contributed by atoms with Crippen LogP contribution in [-0.2, 0) is 6.54 Å². The van der Waals surface area contributed by atoms with Gasteiger partial charge in [-0.15, -0.1) is 0 Å². The second kappa shape index (κ2) is 5.85. The molecule has 22 heavy (non-hydrogen) atoms. The summed E-state index contributed by atoms with van der Waals surface area (Å²) >= 11 is 6.15. The molecule has 0 N–H and O–H groups in total. The number of halogens is 1. The molecule has 0 saturated heterocycles. The average molecular weight is 314 g/mol. The van der Waals surface area contributed by atoms with E-state index in [1.807, 2.05) is 55.5 Å². The Kier molecular flexibility index (Phi) is 3.90. The van der Waals surface area contributed by atoms with Crippen LogP contribution >= 0.6 is 11.6 Å². The van der Waals surface area contributed by atoms with Gasteiger partial charge in [-0.3, -0.25) is 4.79 Å². The van der Waals surface area contributed by atoms with Gasteiger partial charge < -0.3 is 9.32 Å². The van der Waals surface area contributed by atoms with E-state index in [1.165, 1.54) is 0 Å². The summed E-state index contributed by atoms with van der Waals surface area (Å²) < 4.78 is 5.73. The highest BCUT2D eigenvalue weighted by atomic mass is 35.5. The van der Waals surface area contributed by atoms with Gasteiger partial charge in [-0.05, 0) is 24.6 Å². The van der Waals surface area contributed by atoms with Crippen LogP contribution in [0.1, 0.15) is 21.7 Å². The third-order valence-corrected chi connectivity index (χ3v) is 4.12. The lowest BCUT2D eigenvalue weighted by molar-refractivity contribution is 0.0755. The molecule has 3 aromatic rings. The van der Waals surface area contributed by atoms with E-state index in [4.69, 9.17) is 16.0 Å². The third kappa shape index (κ3) is 2.60. The largest absolute Gasteiger partial charge is 0.451 e. The van der Waals surface area contributed by atoms with E-state index in [-0.39, 0.29) is 5.91 Å². The Balaban J connectivity index is 1.89. The molecule has 0 aliphatic carbocycles. The van der Waals surface area contributed by atoms with Crippen molar-refractivity contribution in [1.29, 1.82) is 0 Å². The SMILES string of the molecule is Cc1c(C(=O)N(C)Cc2ccccc2Cl)oc2ccccc12. The van der Waals surface area contributed by atoms with Gasteiger partial charge >= 0.3 is 0 Å². The molecule has 1 aromatic heterocycles. The first-order valence-corrected chi connectivity index (χ1v) is 7.42. The topological polar surface area (TPSA) is 33.5 Å². The lowest BCUT2D eigenvalue weighted by Gasteiger charge is -2.17. The molecule has 1 heterocycles. The van der Waals surface area contributed by atoms with Crippen LogP contribution in [0.2, 0.25) is 5.02 Å². The van der Waals surface area contributed by atoms with Crippen LogP contribution in [0.3, 0.4) is 0 Å². The summed E-state index contributed by atoms with van der Waals surface area (Å²) in [6, 6.07) is 15.2. The van der Waals surface area contributed by atoms with Crippen molar-refractivity contribution in [2.45, 2.75) is 13.5 Å². The van der Waals surface area contributed by atoms with Crippen molar-refractivity contribution in [2.24, 2.45) is 0 Å². The summed E-state index contributed by atoms with van der Waals surface area (Å²) in [5, 5.41) is 1.63. The van der Waals surface area contributed by atoms with Crippen molar-refractivity contribution < 1.29 is 9.21 Å². The second-order valence-corrected chi connectivity index (χ2v) is 5.71. The summed E-state index contributed by atoms with van der Waals surface area (Å²) in [7, 11) is 1.75. The molecule has 0 bridgehead atoms. The van der Waals surface area contributed by atoms with Crippen molar-refractivity contribution in [3.05, 3.63) is 70.4 Å². The van der Waals surface area contributed by atoms with Crippen molar-refractivity contribution >= 4 is 28.5 Å². The molecule has 1 amide bonds. The number of nitrogens with zero attached hydrogens (tertiary/aromatic N) is 1. The summed E-state index contributed by atoms with van der Waals surface area (Å²) in [4.78, 5) is 14.3. The van der Waals surface area contributed by atoms with E-state index in [0.717, 1.165) is 22.1 Å². The normalized spacial score (nSPS) is 10.9. The summed E-state index contributed by atoms with van der Waals surface area (Å²) in [6.07, 6.45) is 0. The van der Waals surface area contributed by atoms with Gasteiger partial charge in [0.1, 0.15) is 5.58 Å². The van der Waals surface area contributed by atoms with E-state index < -0.39 is 0 Å². The van der Waals surface area contributed by atoms with Crippen molar-refractivity contribution in [3.8, 4) is 0 Å². The predicted molar refractivity (Wildman–Crippen MR) is 88.2 cm³/mol. The van der Waals surface area contributed by atoms with Gasteiger partial charge in [0.15, 0.2) is 5.76 Å². The Bertz CT molecular complexity index is 838. The maximum atomic E-state index is 12.6. The van der Waals surface area contributed by atoms with E-state index in [0.29, 0.717) is 17.3 Å². The lowest BCUT2D eigenvalue weighted by atomic mass is 10.1. The number of amides is 1. The zero-order valence-electron chi connectivity index (χ0n) is 12.5. The summed E-state index contributed by atoms with van der Waals surface area (Å²) in [5.41, 5.74) is 2.51. The number of para-hydroxylation sites is 1. The number of aryl methyl sites for hydroxylation is 1. The Morgan fingerprint density at radius 3 is 2.55 bits per heavy atom. The fourth-order valence-electron chi connectivity index (χ4n) is 2.51. The molecule has 0 spiro atoms. The fraction of sp³-hybridized carbons (Fsp3) is 0.167. The number of carbonyl (C=O) groups excluding carboxylic acids is 1. The minimum atomic E-state index is -0.145. The van der Waals surface area contributed by atoms with Crippen LogP contribution in [-0.4, -0.2) is 17.9 Å². The van der Waals surface area contributed by atoms with Gasteiger partial charge in [0.25, 0.3) is 5.91 Å². The first kappa shape index (κ1) is 14.7. The number of hydrogen-bond donors (Lipinski definition) is 0. The van der Waals surface area contributed by atoms with Gasteiger partial charge in [-0.1, -0.05) is 48.0 Å². The first-order chi connectivity index (χ1) is 10.6. The zero-order valence-corrected chi connectivity index (χ0v) is 13.2. The molecule has 2 aromatic carbocycles. The maximum Gasteiger partial charge on any atom is 0.289 e. The van der Waals surface area contributed by atoms with Crippen LogP contribution in [0.25, 0.3) is 11.0 Å². The molecule has 0 saturated carbocycles. The van der Waals surface area contributed by atoms with Gasteiger partial charge in [0, 0.05) is 29.6 Å². The van der Waals surface area contributed by atoms with E-state index in [2.05, 4.69) is 0 Å². The average Bonchev–Trinajstić information content (AvgIpc) is 2.86. The Hall–Kier alpha value is -2.26. The minimum Gasteiger partial charge on any atom is -0.451 e. The highest BCUT2D eigenvalue weighted by Crippen LogP contribution is 2.26. The first-order valence-electron chi connectivity index (χ1n) is 7.05. The smallest absolute Gasteiger partial charge is 0.289 e. The number of carbonyl (C=O) groups is 1. The Morgan fingerprint density at radius 2 is 1.82 bits per heavy atom. The molecule has 0 radical (unpaired) electrons. The Labute approximate surface area is 134 Å². The van der Waals surface area contributed by atoms with Gasteiger partial charge in [-0.25, -0.2) is 0 Å². The number of hydrogen-bond acceptors (Lipinski definition) is 2. The number of rotatable bonds is 3. The van der Waals surface area contributed by atoms with E-state index in [9.17, 15) is 4.79 Å². The van der Waals surface area contributed by atoms with Crippen LogP contribution < -0.4 is 0 Å². The molecule has 0 atom stereocenters. The van der Waals surface area contributed by atoms with Crippen molar-refractivity contribution in [1.82, 2.24) is 4.90 Å². The highest BCUT2D eigenvalue weighted by Gasteiger charge is 2.21. The lowest BCUT2D eigenvalue weighted by Crippen LogP contribution is -2.26.